The van der Waals surface area contributed by atoms with Crippen LogP contribution >= 0.6 is 0 Å². The average Bonchev–Trinajstić information content (AvgIpc) is 1.61. The predicted molar refractivity (Wildman–Crippen MR) is 27.1 cm³/mol. The molecule has 3 nitrogen and oxygen atoms in total. The highest BCUT2D eigenvalue weighted by Crippen LogP contribution is 1.73. The van der Waals surface area contributed by atoms with Gasteiger partial charge in [0.2, 0.25) is 5.91 Å². The minimum absolute atomic E-state index is 0.233. The Morgan fingerprint density at radius 2 is 2.29 bits per heavy atom. The molecule has 3 heteroatoms. The third kappa shape index (κ3) is 5.01. The number of hydrogen-bond donors (Lipinski definition) is 2. The van der Waals surface area contributed by atoms with E-state index >= 15 is 0 Å². The molecular weight excluding hydrogens is 92.1 g/mol. The van der Waals surface area contributed by atoms with E-state index in [0.717, 1.165) is 0 Å². The van der Waals surface area contributed by atoms with E-state index in [0.29, 0.717) is 0 Å². The number of carbonyl (C=O) groups is 1. The van der Waals surface area contributed by atoms with Gasteiger partial charge in [-0.1, -0.05) is 6.08 Å². The van der Waals surface area contributed by atoms with Gasteiger partial charge in [0, 0.05) is 6.42 Å². The smallest absolute Gasteiger partial charge is 0.221 e. The van der Waals surface area contributed by atoms with E-state index < -0.39 is 0 Å². The lowest BCUT2D eigenvalue weighted by molar-refractivity contribution is -0.117. The van der Waals surface area contributed by atoms with Crippen LogP contribution in [0.4, 0.5) is 0 Å². The minimum Gasteiger partial charge on any atom is -0.405 e. The number of nitrogens with two attached hydrogens (primary N) is 2. The Hall–Kier alpha value is -0.990. The predicted octanol–water partition coefficient (Wildman–Crippen LogP) is -0.666. The summed E-state index contributed by atoms with van der Waals surface area (Å²) in [6, 6.07) is 0. The molecule has 4 N–H and O–H groups in total. The summed E-state index contributed by atoms with van der Waals surface area (Å²) in [7, 11) is 0. The van der Waals surface area contributed by atoms with Crippen LogP contribution in [0.5, 0.6) is 0 Å². The molecule has 0 radical (unpaired) electrons. The van der Waals surface area contributed by atoms with Gasteiger partial charge in [-0.05, 0) is 6.20 Å². The Bertz CT molecular complexity index is 87.7. The number of hydrogen-bond acceptors (Lipinski definition) is 2. The molecule has 0 atom stereocenters. The van der Waals surface area contributed by atoms with Gasteiger partial charge in [0.25, 0.3) is 0 Å². The first-order valence-corrected chi connectivity index (χ1v) is 1.92. The largest absolute Gasteiger partial charge is 0.405 e. The SMILES string of the molecule is NC=CCC(N)=O. The van der Waals surface area contributed by atoms with E-state index in [9.17, 15) is 4.79 Å². The van der Waals surface area contributed by atoms with E-state index in [-0.39, 0.29) is 12.3 Å². The van der Waals surface area contributed by atoms with E-state index in [1.807, 2.05) is 0 Å². The van der Waals surface area contributed by atoms with E-state index in [1.54, 1.807) is 0 Å². The molecule has 0 aliphatic carbocycles. The highest BCUT2D eigenvalue weighted by molar-refractivity contribution is 5.75. The molecule has 40 valence electrons. The van der Waals surface area contributed by atoms with Crippen LogP contribution in [0.3, 0.4) is 0 Å². The lowest BCUT2D eigenvalue weighted by Gasteiger charge is -1.78. The Labute approximate surface area is 42.0 Å². The standard InChI is InChI=1S/C4H8N2O/c5-3-1-2-4(6)7/h1,3H,2,5H2,(H2,6,7). The molecule has 1 amide bonds. The van der Waals surface area contributed by atoms with Gasteiger partial charge in [-0.25, -0.2) is 0 Å². The zero-order valence-electron chi connectivity index (χ0n) is 3.92. The van der Waals surface area contributed by atoms with E-state index in [1.165, 1.54) is 12.3 Å². The van der Waals surface area contributed by atoms with Crippen LogP contribution in [0.25, 0.3) is 0 Å². The van der Waals surface area contributed by atoms with Crippen LogP contribution in [-0.2, 0) is 4.79 Å². The quantitative estimate of drug-likeness (QED) is 0.483. The van der Waals surface area contributed by atoms with Crippen molar-refractivity contribution in [3.63, 3.8) is 0 Å². The van der Waals surface area contributed by atoms with Crippen LogP contribution in [0.15, 0.2) is 12.3 Å². The van der Waals surface area contributed by atoms with Gasteiger partial charge >= 0.3 is 0 Å². The molecule has 0 aromatic carbocycles. The Kier molecular flexibility index (Phi) is 2.76. The summed E-state index contributed by atoms with van der Waals surface area (Å²) in [5.41, 5.74) is 9.62. The normalized spacial score (nSPS) is 9.71. The molecule has 0 heterocycles. The van der Waals surface area contributed by atoms with Crippen molar-refractivity contribution in [2.75, 3.05) is 0 Å². The molecular formula is C4H8N2O. The van der Waals surface area contributed by atoms with Crippen molar-refractivity contribution in [2.45, 2.75) is 6.42 Å². The van der Waals surface area contributed by atoms with Crippen molar-refractivity contribution in [3.05, 3.63) is 12.3 Å². The second-order valence-electron chi connectivity index (χ2n) is 1.10. The monoisotopic (exact) mass is 100 g/mol. The van der Waals surface area contributed by atoms with Crippen molar-refractivity contribution in [1.29, 1.82) is 0 Å². The van der Waals surface area contributed by atoms with Crippen molar-refractivity contribution in [3.8, 4) is 0 Å². The molecule has 0 saturated carbocycles. The van der Waals surface area contributed by atoms with Gasteiger partial charge < -0.3 is 11.5 Å². The summed E-state index contributed by atoms with van der Waals surface area (Å²) in [6.07, 6.45) is 3.03. The summed E-state index contributed by atoms with van der Waals surface area (Å²) in [4.78, 5) is 9.87. The summed E-state index contributed by atoms with van der Waals surface area (Å²) < 4.78 is 0. The van der Waals surface area contributed by atoms with Crippen molar-refractivity contribution >= 4 is 5.91 Å². The number of primary amides is 1. The highest BCUT2D eigenvalue weighted by Gasteiger charge is 1.82. The fourth-order valence-electron chi connectivity index (χ4n) is 0.184. The maximum Gasteiger partial charge on any atom is 0.221 e. The zero-order chi connectivity index (χ0) is 5.70. The Balaban J connectivity index is 3.14. The van der Waals surface area contributed by atoms with Crippen LogP contribution in [0, 0.1) is 0 Å². The average molecular weight is 100 g/mol. The van der Waals surface area contributed by atoms with Crippen LogP contribution in [-0.4, -0.2) is 5.91 Å². The molecule has 0 saturated heterocycles. The van der Waals surface area contributed by atoms with Gasteiger partial charge in [-0.2, -0.15) is 0 Å². The summed E-state index contributed by atoms with van der Waals surface area (Å²) in [5, 5.41) is 0. The molecule has 0 rings (SSSR count). The summed E-state index contributed by atoms with van der Waals surface area (Å²) >= 11 is 0. The second kappa shape index (κ2) is 3.21. The lowest BCUT2D eigenvalue weighted by atomic mass is 10.4. The summed E-state index contributed by atoms with van der Waals surface area (Å²) in [6.45, 7) is 0. The van der Waals surface area contributed by atoms with Gasteiger partial charge in [0.05, 0.1) is 0 Å². The molecule has 0 bridgehead atoms. The van der Waals surface area contributed by atoms with Crippen LogP contribution in [0.2, 0.25) is 0 Å². The zero-order valence-corrected chi connectivity index (χ0v) is 3.92. The minimum atomic E-state index is -0.360. The second-order valence-corrected chi connectivity index (χ2v) is 1.10. The molecule has 0 fully saturated rings. The topological polar surface area (TPSA) is 69.1 Å². The maximum atomic E-state index is 9.87. The molecule has 0 aromatic heterocycles. The third-order valence-electron chi connectivity index (χ3n) is 0.455. The van der Waals surface area contributed by atoms with Crippen molar-refractivity contribution < 1.29 is 4.79 Å². The first kappa shape index (κ1) is 6.01. The highest BCUT2D eigenvalue weighted by atomic mass is 16.1. The Morgan fingerprint density at radius 1 is 1.71 bits per heavy atom. The number of rotatable bonds is 2. The molecule has 7 heavy (non-hydrogen) atoms. The molecule has 0 aliphatic rings. The number of carbonyl (C=O) groups excluding carboxylic acids is 1. The van der Waals surface area contributed by atoms with Gasteiger partial charge in [-0.15, -0.1) is 0 Å². The van der Waals surface area contributed by atoms with Gasteiger partial charge in [-0.3, -0.25) is 4.79 Å². The first-order chi connectivity index (χ1) is 3.27. The fraction of sp³-hybridized carbons (Fsp3) is 0.250. The maximum absolute atomic E-state index is 9.87. The lowest BCUT2D eigenvalue weighted by Crippen LogP contribution is -2.08. The summed E-state index contributed by atoms with van der Waals surface area (Å²) in [5.74, 6) is -0.360. The molecule has 0 aliphatic heterocycles. The van der Waals surface area contributed by atoms with Crippen LogP contribution < -0.4 is 11.5 Å². The van der Waals surface area contributed by atoms with Crippen molar-refractivity contribution in [1.82, 2.24) is 0 Å². The molecule has 0 aromatic rings. The van der Waals surface area contributed by atoms with Crippen molar-refractivity contribution in [2.24, 2.45) is 11.5 Å². The molecule has 0 spiro atoms. The van der Waals surface area contributed by atoms with Gasteiger partial charge in [0.1, 0.15) is 0 Å². The Morgan fingerprint density at radius 3 is 2.43 bits per heavy atom. The van der Waals surface area contributed by atoms with Gasteiger partial charge in [0.15, 0.2) is 0 Å². The first-order valence-electron chi connectivity index (χ1n) is 1.92. The van der Waals surface area contributed by atoms with E-state index in [2.05, 4.69) is 0 Å². The molecule has 0 unspecified atom stereocenters. The van der Waals surface area contributed by atoms with E-state index in [4.69, 9.17) is 11.5 Å². The third-order valence-corrected chi connectivity index (χ3v) is 0.455. The fourth-order valence-corrected chi connectivity index (χ4v) is 0.184. The number of amides is 1. The van der Waals surface area contributed by atoms with Crippen LogP contribution in [0.1, 0.15) is 6.42 Å².